The van der Waals surface area contributed by atoms with Crippen LogP contribution in [-0.4, -0.2) is 19.4 Å². The number of aldehydes is 1. The predicted molar refractivity (Wildman–Crippen MR) is 48.1 cm³/mol. The van der Waals surface area contributed by atoms with Crippen molar-refractivity contribution in [1.29, 1.82) is 0 Å². The van der Waals surface area contributed by atoms with Gasteiger partial charge in [0.05, 0.1) is 0 Å². The molecule has 0 aromatic heterocycles. The molecule has 0 aromatic rings. The quantitative estimate of drug-likeness (QED) is 0.291. The van der Waals surface area contributed by atoms with E-state index in [0.29, 0.717) is 12.8 Å². The van der Waals surface area contributed by atoms with E-state index in [1.54, 1.807) is 0 Å². The molecule has 2 unspecified atom stereocenters. The zero-order valence-corrected chi connectivity index (χ0v) is 8.33. The molecular formula is C7H13NO4P+. The minimum absolute atomic E-state index is 0.104. The molecular weight excluding hydrogens is 193 g/mol. The fourth-order valence-corrected chi connectivity index (χ4v) is 1.06. The molecule has 2 atom stereocenters. The van der Waals surface area contributed by atoms with Gasteiger partial charge in [-0.2, -0.15) is 0 Å². The molecule has 0 amide bonds. The second-order valence-corrected chi connectivity index (χ2v) is 3.42. The molecule has 5 nitrogen and oxygen atoms in total. The average molecular weight is 206 g/mol. The standard InChI is InChI=1S/C7H13NO4P/c1-6(3-8)5-11-13(10)12-7(2)4-9/h4,6H,2-3,5,8H2,1H3/q+1. The topological polar surface area (TPSA) is 78.6 Å². The lowest BCUT2D eigenvalue weighted by Gasteiger charge is -2.00. The summed E-state index contributed by atoms with van der Waals surface area (Å²) in [5, 5.41) is 0. The molecule has 0 aliphatic heterocycles. The fourth-order valence-electron chi connectivity index (χ4n) is 0.400. The molecule has 0 aliphatic rings. The summed E-state index contributed by atoms with van der Waals surface area (Å²) in [4.78, 5) is 10.0. The average Bonchev–Trinajstić information content (AvgIpc) is 2.13. The molecule has 0 fully saturated rings. The van der Waals surface area contributed by atoms with Crippen LogP contribution in [0.15, 0.2) is 12.3 Å². The minimum Gasteiger partial charge on any atom is -0.330 e. The van der Waals surface area contributed by atoms with Gasteiger partial charge in [-0.05, 0) is 19.0 Å². The first-order chi connectivity index (χ1) is 6.10. The summed E-state index contributed by atoms with van der Waals surface area (Å²) in [5.74, 6) is -0.103. The van der Waals surface area contributed by atoms with E-state index in [9.17, 15) is 9.36 Å². The highest BCUT2D eigenvalue weighted by molar-refractivity contribution is 7.33. The first-order valence-corrected chi connectivity index (χ1v) is 4.82. The summed E-state index contributed by atoms with van der Waals surface area (Å²) in [6.45, 7) is 5.70. The van der Waals surface area contributed by atoms with Crippen LogP contribution in [0.25, 0.3) is 0 Å². The predicted octanol–water partition coefficient (Wildman–Crippen LogP) is 0.984. The van der Waals surface area contributed by atoms with E-state index in [4.69, 9.17) is 10.3 Å². The second kappa shape index (κ2) is 6.71. The van der Waals surface area contributed by atoms with Crippen molar-refractivity contribution in [3.63, 3.8) is 0 Å². The molecule has 2 N–H and O–H groups in total. The zero-order chi connectivity index (χ0) is 10.3. The highest BCUT2D eigenvalue weighted by atomic mass is 31.1. The van der Waals surface area contributed by atoms with Gasteiger partial charge in [0.25, 0.3) is 0 Å². The molecule has 0 aliphatic carbocycles. The Morgan fingerprint density at radius 2 is 2.38 bits per heavy atom. The van der Waals surface area contributed by atoms with Gasteiger partial charge in [-0.25, -0.2) is 4.52 Å². The van der Waals surface area contributed by atoms with Gasteiger partial charge in [0, 0.05) is 4.57 Å². The summed E-state index contributed by atoms with van der Waals surface area (Å²) in [6, 6.07) is 0. The van der Waals surface area contributed by atoms with Crippen molar-refractivity contribution in [2.45, 2.75) is 6.92 Å². The smallest absolute Gasteiger partial charge is 0.330 e. The number of carbonyl (C=O) groups excluding carboxylic acids is 1. The molecule has 0 bridgehead atoms. The summed E-state index contributed by atoms with van der Waals surface area (Å²) in [6.07, 6.45) is 0.364. The van der Waals surface area contributed by atoms with Crippen molar-refractivity contribution >= 4 is 14.5 Å². The lowest BCUT2D eigenvalue weighted by Crippen LogP contribution is -2.15. The van der Waals surface area contributed by atoms with Crippen LogP contribution in [0.4, 0.5) is 0 Å². The van der Waals surface area contributed by atoms with E-state index in [1.165, 1.54) is 0 Å². The lowest BCUT2D eigenvalue weighted by atomic mass is 10.2. The Morgan fingerprint density at radius 3 is 2.85 bits per heavy atom. The lowest BCUT2D eigenvalue weighted by molar-refractivity contribution is -0.106. The van der Waals surface area contributed by atoms with Crippen LogP contribution in [0.1, 0.15) is 6.92 Å². The second-order valence-electron chi connectivity index (χ2n) is 2.54. The van der Waals surface area contributed by atoms with E-state index in [1.807, 2.05) is 6.92 Å². The van der Waals surface area contributed by atoms with Crippen molar-refractivity contribution in [2.75, 3.05) is 13.2 Å². The Morgan fingerprint density at radius 1 is 1.77 bits per heavy atom. The summed E-state index contributed by atoms with van der Waals surface area (Å²) in [7, 11) is -2.30. The van der Waals surface area contributed by atoms with E-state index < -0.39 is 8.25 Å². The molecule has 0 radical (unpaired) electrons. The summed E-state index contributed by atoms with van der Waals surface area (Å²) < 4.78 is 20.1. The summed E-state index contributed by atoms with van der Waals surface area (Å²) in [5.41, 5.74) is 5.30. The largest absolute Gasteiger partial charge is 0.750 e. The monoisotopic (exact) mass is 206 g/mol. The Kier molecular flexibility index (Phi) is 6.32. The van der Waals surface area contributed by atoms with Crippen LogP contribution in [0.2, 0.25) is 0 Å². The van der Waals surface area contributed by atoms with Crippen LogP contribution in [0.3, 0.4) is 0 Å². The van der Waals surface area contributed by atoms with Crippen molar-refractivity contribution in [2.24, 2.45) is 11.7 Å². The van der Waals surface area contributed by atoms with E-state index in [-0.39, 0.29) is 18.3 Å². The SMILES string of the molecule is C=C(C=O)O[P+](=O)OCC(C)CN. The van der Waals surface area contributed by atoms with E-state index in [0.717, 1.165) is 0 Å². The van der Waals surface area contributed by atoms with Crippen LogP contribution >= 0.6 is 8.25 Å². The first kappa shape index (κ1) is 12.2. The maximum atomic E-state index is 10.9. The van der Waals surface area contributed by atoms with Crippen LogP contribution in [0, 0.1) is 5.92 Å². The van der Waals surface area contributed by atoms with Crippen molar-refractivity contribution in [3.8, 4) is 0 Å². The highest BCUT2D eigenvalue weighted by Gasteiger charge is 2.23. The summed E-state index contributed by atoms with van der Waals surface area (Å²) >= 11 is 0. The van der Waals surface area contributed by atoms with Crippen molar-refractivity contribution in [3.05, 3.63) is 12.3 Å². The molecule has 13 heavy (non-hydrogen) atoms. The normalized spacial score (nSPS) is 13.2. The zero-order valence-electron chi connectivity index (χ0n) is 7.43. The maximum absolute atomic E-state index is 10.9. The van der Waals surface area contributed by atoms with Crippen LogP contribution in [-0.2, 0) is 18.4 Å². The number of hydrogen-bond acceptors (Lipinski definition) is 5. The van der Waals surface area contributed by atoms with Crippen molar-refractivity contribution in [1.82, 2.24) is 0 Å². The van der Waals surface area contributed by atoms with Gasteiger partial charge in [0.2, 0.25) is 5.76 Å². The van der Waals surface area contributed by atoms with E-state index in [2.05, 4.69) is 11.1 Å². The highest BCUT2D eigenvalue weighted by Crippen LogP contribution is 2.26. The Balaban J connectivity index is 3.63. The van der Waals surface area contributed by atoms with Gasteiger partial charge in [0.1, 0.15) is 6.61 Å². The fraction of sp³-hybridized carbons (Fsp3) is 0.571. The third-order valence-corrected chi connectivity index (χ3v) is 1.93. The molecule has 0 saturated carbocycles. The minimum atomic E-state index is -2.30. The number of nitrogens with two attached hydrogens (primary N) is 1. The molecule has 6 heteroatoms. The number of rotatable bonds is 7. The Hall–Kier alpha value is -0.770. The third-order valence-electron chi connectivity index (χ3n) is 1.19. The number of hydrogen-bond donors (Lipinski definition) is 1. The number of allylic oxidation sites excluding steroid dienone is 1. The van der Waals surface area contributed by atoms with Gasteiger partial charge >= 0.3 is 8.25 Å². The Bertz CT molecular complexity index is 207. The molecule has 0 aromatic carbocycles. The first-order valence-electron chi connectivity index (χ1n) is 3.72. The van der Waals surface area contributed by atoms with Crippen molar-refractivity contribution < 1.29 is 18.4 Å². The van der Waals surface area contributed by atoms with Gasteiger partial charge < -0.3 is 5.73 Å². The molecule has 0 heterocycles. The molecule has 0 saturated heterocycles. The molecule has 74 valence electrons. The van der Waals surface area contributed by atoms with Crippen LogP contribution < -0.4 is 5.73 Å². The van der Waals surface area contributed by atoms with Gasteiger partial charge in [0.15, 0.2) is 6.29 Å². The molecule has 0 spiro atoms. The Labute approximate surface area is 77.8 Å². The maximum Gasteiger partial charge on any atom is 0.750 e. The van der Waals surface area contributed by atoms with Gasteiger partial charge in [-0.1, -0.05) is 6.92 Å². The van der Waals surface area contributed by atoms with E-state index >= 15 is 0 Å². The van der Waals surface area contributed by atoms with Gasteiger partial charge in [-0.3, -0.25) is 4.79 Å². The van der Waals surface area contributed by atoms with Crippen LogP contribution in [0.5, 0.6) is 0 Å². The third kappa shape index (κ3) is 6.40. The van der Waals surface area contributed by atoms with Gasteiger partial charge in [-0.15, -0.1) is 4.52 Å². The molecule has 0 rings (SSSR count). The number of carbonyl (C=O) groups is 1.